The lowest BCUT2D eigenvalue weighted by atomic mass is 10.0. The van der Waals surface area contributed by atoms with Gasteiger partial charge in [-0.25, -0.2) is 4.79 Å². The zero-order chi connectivity index (χ0) is 54.8. The van der Waals surface area contributed by atoms with Gasteiger partial charge in [-0.1, -0.05) is 247 Å². The van der Waals surface area contributed by atoms with Gasteiger partial charge in [0.1, 0.15) is 13.2 Å². The van der Waals surface area contributed by atoms with Crippen molar-refractivity contribution in [3.63, 3.8) is 0 Å². The fraction of sp³-hybridized carbons (Fsp3) is 0.773. The number of carbonyl (C=O) groups is 3. The number of carboxylic acid groups (broad SMARTS) is 1. The highest BCUT2D eigenvalue weighted by atomic mass is 16.7. The van der Waals surface area contributed by atoms with Crippen molar-refractivity contribution in [1.29, 1.82) is 0 Å². The maximum atomic E-state index is 12.9. The standard InChI is InChI=1S/C66H117NO8/c1-6-8-10-12-14-16-18-20-22-23-24-25-26-27-28-29-30-31-32-33-34-35-36-37-38-39-40-41-43-45-47-49-51-53-55-57-64(69)75-62(61-74-66(65(70)71)72-59-58-67(3,4)5)60-73-63(68)56-54-52-50-48-46-44-42-21-19-17-15-13-11-9-7-2/h8,10,14-17,20-22,24-25,42,62,66H,6-7,9,11-13,18-19,23,26-41,43-61H2,1-5H3/p+1/b10-8-,16-14-,17-15-,22-20-,25-24-,42-21-. The molecule has 0 saturated carbocycles. The average molecular weight is 1050 g/mol. The van der Waals surface area contributed by atoms with Gasteiger partial charge in [-0.05, 0) is 83.5 Å². The Labute approximate surface area is 462 Å². The number of nitrogens with zero attached hydrogens (tertiary/aromatic N) is 1. The van der Waals surface area contributed by atoms with Gasteiger partial charge >= 0.3 is 17.9 Å². The Morgan fingerprint density at radius 1 is 0.413 bits per heavy atom. The normalized spacial score (nSPS) is 13.2. The Kier molecular flexibility index (Phi) is 54.4. The van der Waals surface area contributed by atoms with E-state index >= 15 is 0 Å². The second-order valence-electron chi connectivity index (χ2n) is 22.0. The summed E-state index contributed by atoms with van der Waals surface area (Å²) < 4.78 is 22.9. The zero-order valence-electron chi connectivity index (χ0n) is 49.4. The van der Waals surface area contributed by atoms with Crippen molar-refractivity contribution in [2.75, 3.05) is 47.5 Å². The number of likely N-dealkylation sites (N-methyl/N-ethyl adjacent to an activating group) is 1. The highest BCUT2D eigenvalue weighted by Crippen LogP contribution is 2.17. The molecule has 2 unspecified atom stereocenters. The largest absolute Gasteiger partial charge is 0.477 e. The summed E-state index contributed by atoms with van der Waals surface area (Å²) in [6.45, 7) is 4.74. The van der Waals surface area contributed by atoms with Crippen LogP contribution in [-0.2, 0) is 33.3 Å². The molecule has 0 amide bonds. The number of hydrogen-bond donors (Lipinski definition) is 1. The molecule has 0 radical (unpaired) electrons. The molecule has 9 nitrogen and oxygen atoms in total. The molecule has 0 aliphatic carbocycles. The molecular weight excluding hydrogens is 935 g/mol. The molecule has 0 aromatic heterocycles. The van der Waals surface area contributed by atoms with Crippen LogP contribution in [0.15, 0.2) is 72.9 Å². The molecule has 0 rings (SSSR count). The summed E-state index contributed by atoms with van der Waals surface area (Å²) >= 11 is 0. The Balaban J connectivity index is 4.05. The van der Waals surface area contributed by atoms with Gasteiger partial charge in [-0.15, -0.1) is 0 Å². The lowest BCUT2D eigenvalue weighted by Gasteiger charge is -2.25. The van der Waals surface area contributed by atoms with Gasteiger partial charge in [-0.2, -0.15) is 0 Å². The lowest BCUT2D eigenvalue weighted by Crippen LogP contribution is -2.40. The Bertz CT molecular complexity index is 1460. The maximum absolute atomic E-state index is 12.9. The highest BCUT2D eigenvalue weighted by Gasteiger charge is 2.25. The van der Waals surface area contributed by atoms with Crippen molar-refractivity contribution < 1.29 is 42.9 Å². The van der Waals surface area contributed by atoms with E-state index in [1.54, 1.807) is 0 Å². The molecule has 2 atom stereocenters. The topological polar surface area (TPSA) is 108 Å². The Morgan fingerprint density at radius 2 is 0.760 bits per heavy atom. The monoisotopic (exact) mass is 1050 g/mol. The van der Waals surface area contributed by atoms with Crippen LogP contribution in [-0.4, -0.2) is 87.4 Å². The molecule has 9 heteroatoms. The van der Waals surface area contributed by atoms with Crippen molar-refractivity contribution in [3.05, 3.63) is 72.9 Å². The third kappa shape index (κ3) is 58.3. The first kappa shape index (κ1) is 71.7. The number of allylic oxidation sites excluding steroid dienone is 12. The number of quaternary nitrogens is 1. The summed E-state index contributed by atoms with van der Waals surface area (Å²) in [5.41, 5.74) is 0. The first-order chi connectivity index (χ1) is 36.6. The van der Waals surface area contributed by atoms with E-state index in [0.29, 0.717) is 11.0 Å². The van der Waals surface area contributed by atoms with Crippen LogP contribution < -0.4 is 0 Å². The molecule has 0 fully saturated rings. The molecule has 0 aromatic rings. The minimum atomic E-state index is -1.51. The van der Waals surface area contributed by atoms with Crippen molar-refractivity contribution in [1.82, 2.24) is 0 Å². The Hall–Kier alpha value is -3.27. The molecule has 0 aromatic carbocycles. The number of esters is 2. The van der Waals surface area contributed by atoms with Gasteiger partial charge in [0, 0.05) is 12.8 Å². The van der Waals surface area contributed by atoms with E-state index < -0.39 is 24.3 Å². The molecule has 0 aliphatic heterocycles. The molecule has 434 valence electrons. The summed E-state index contributed by atoms with van der Waals surface area (Å²) in [5.74, 6) is -2.01. The van der Waals surface area contributed by atoms with E-state index in [2.05, 4.69) is 86.8 Å². The molecule has 0 spiro atoms. The van der Waals surface area contributed by atoms with Crippen molar-refractivity contribution >= 4 is 17.9 Å². The van der Waals surface area contributed by atoms with Gasteiger partial charge in [-0.3, -0.25) is 9.59 Å². The number of ether oxygens (including phenoxy) is 4. The predicted octanol–water partition coefficient (Wildman–Crippen LogP) is 18.6. The zero-order valence-corrected chi connectivity index (χ0v) is 49.4. The minimum Gasteiger partial charge on any atom is -0.477 e. The highest BCUT2D eigenvalue weighted by molar-refractivity contribution is 5.71. The smallest absolute Gasteiger partial charge is 0.361 e. The van der Waals surface area contributed by atoms with Crippen LogP contribution in [0.25, 0.3) is 0 Å². The van der Waals surface area contributed by atoms with Gasteiger partial charge in [0.25, 0.3) is 6.29 Å². The third-order valence-corrected chi connectivity index (χ3v) is 13.4. The lowest BCUT2D eigenvalue weighted by molar-refractivity contribution is -0.870. The van der Waals surface area contributed by atoms with Gasteiger partial charge < -0.3 is 28.5 Å². The van der Waals surface area contributed by atoms with E-state index in [4.69, 9.17) is 18.9 Å². The maximum Gasteiger partial charge on any atom is 0.361 e. The van der Waals surface area contributed by atoms with Crippen LogP contribution in [0.3, 0.4) is 0 Å². The van der Waals surface area contributed by atoms with Crippen molar-refractivity contribution in [2.45, 2.75) is 283 Å². The van der Waals surface area contributed by atoms with Gasteiger partial charge in [0.05, 0.1) is 34.4 Å². The molecule has 0 saturated heterocycles. The van der Waals surface area contributed by atoms with E-state index in [1.807, 2.05) is 21.1 Å². The molecule has 1 N–H and O–H groups in total. The third-order valence-electron chi connectivity index (χ3n) is 13.4. The molecule has 0 aliphatic rings. The van der Waals surface area contributed by atoms with E-state index in [9.17, 15) is 19.5 Å². The molecule has 75 heavy (non-hydrogen) atoms. The quantitative estimate of drug-likeness (QED) is 0.0211. The summed E-state index contributed by atoms with van der Waals surface area (Å²) in [5, 5.41) is 9.70. The predicted molar refractivity (Wildman–Crippen MR) is 318 cm³/mol. The summed E-state index contributed by atoms with van der Waals surface area (Å²) in [6.07, 6.45) is 71.5. The van der Waals surface area contributed by atoms with Crippen LogP contribution in [0.2, 0.25) is 0 Å². The number of rotatable bonds is 57. The van der Waals surface area contributed by atoms with Crippen molar-refractivity contribution in [3.8, 4) is 0 Å². The van der Waals surface area contributed by atoms with Crippen LogP contribution in [0.1, 0.15) is 271 Å². The van der Waals surface area contributed by atoms with Crippen LogP contribution in [0.4, 0.5) is 0 Å². The average Bonchev–Trinajstić information content (AvgIpc) is 3.38. The van der Waals surface area contributed by atoms with Gasteiger partial charge in [0.15, 0.2) is 6.10 Å². The van der Waals surface area contributed by atoms with E-state index in [-0.39, 0.29) is 38.6 Å². The van der Waals surface area contributed by atoms with Crippen LogP contribution in [0.5, 0.6) is 0 Å². The fourth-order valence-corrected chi connectivity index (χ4v) is 8.68. The second-order valence-corrected chi connectivity index (χ2v) is 22.0. The van der Waals surface area contributed by atoms with E-state index in [0.717, 1.165) is 89.9 Å². The minimum absolute atomic E-state index is 0.185. The van der Waals surface area contributed by atoms with Crippen molar-refractivity contribution in [2.24, 2.45) is 0 Å². The Morgan fingerprint density at radius 3 is 1.13 bits per heavy atom. The number of aliphatic carboxylic acids is 1. The first-order valence-electron chi connectivity index (χ1n) is 31.1. The molecular formula is C66H118NO8+. The number of hydrogen-bond acceptors (Lipinski definition) is 7. The fourth-order valence-electron chi connectivity index (χ4n) is 8.68. The summed E-state index contributed by atoms with van der Waals surface area (Å²) in [4.78, 5) is 37.4. The number of carbonyl (C=O) groups excluding carboxylic acids is 2. The molecule has 0 heterocycles. The molecule has 0 bridgehead atoms. The van der Waals surface area contributed by atoms with E-state index in [1.165, 1.54) is 154 Å². The number of carboxylic acids is 1. The summed E-state index contributed by atoms with van der Waals surface area (Å²) in [7, 11) is 5.97. The summed E-state index contributed by atoms with van der Waals surface area (Å²) in [6, 6.07) is 0. The SMILES string of the molecule is CC/C=C\C/C=C\C/C=C\C/C=C\CCCCCCCCCCCCCCCCCCCCCCCCC(=O)OC(COC(=O)CCCCCCC/C=C\C/C=C\CCCCC)COC(OCC[N+](C)(C)C)C(=O)O. The number of unbranched alkanes of at least 4 members (excludes halogenated alkanes) is 30. The van der Waals surface area contributed by atoms with Gasteiger partial charge in [0.2, 0.25) is 0 Å². The second kappa shape index (κ2) is 56.9. The van der Waals surface area contributed by atoms with Crippen LogP contribution in [0, 0.1) is 0 Å². The first-order valence-corrected chi connectivity index (χ1v) is 31.1. The van der Waals surface area contributed by atoms with Crippen LogP contribution >= 0.6 is 0 Å².